The minimum Gasteiger partial charge on any atom is -0.271 e. The van der Waals surface area contributed by atoms with Crippen molar-refractivity contribution in [2.24, 2.45) is 0 Å². The van der Waals surface area contributed by atoms with Crippen LogP contribution >= 0.6 is 11.3 Å². The fourth-order valence-corrected chi connectivity index (χ4v) is 1.92. The number of hydrogen-bond acceptors (Lipinski definition) is 3. The molecule has 0 fully saturated rings. The first-order valence-electron chi connectivity index (χ1n) is 4.35. The summed E-state index contributed by atoms with van der Waals surface area (Å²) in [6, 6.07) is 4.14. The fourth-order valence-electron chi connectivity index (χ4n) is 1.28. The molecule has 2 heterocycles. The molecular weight excluding hydrogens is 194 g/mol. The van der Waals surface area contributed by atoms with Gasteiger partial charge in [-0.05, 0) is 18.4 Å². The summed E-state index contributed by atoms with van der Waals surface area (Å²) >= 11 is 1.61. The fraction of sp³-hybridized carbons (Fsp3) is 0.200. The molecule has 0 unspecified atom stereocenters. The molecule has 14 heavy (non-hydrogen) atoms. The van der Waals surface area contributed by atoms with Crippen LogP contribution in [0.3, 0.4) is 0 Å². The minimum absolute atomic E-state index is 0.644. The number of rotatable bonds is 2. The van der Waals surface area contributed by atoms with Crippen molar-refractivity contribution in [1.82, 2.24) is 9.78 Å². The molecule has 0 bridgehead atoms. The van der Waals surface area contributed by atoms with Gasteiger partial charge < -0.3 is 0 Å². The molecule has 0 N–H and O–H groups in total. The maximum atomic E-state index is 8.93. The van der Waals surface area contributed by atoms with Gasteiger partial charge in [0.1, 0.15) is 11.8 Å². The Labute approximate surface area is 86.2 Å². The quantitative estimate of drug-likeness (QED) is 0.752. The Morgan fingerprint density at radius 2 is 2.50 bits per heavy atom. The first-order chi connectivity index (χ1) is 6.85. The van der Waals surface area contributed by atoms with E-state index in [0.29, 0.717) is 5.56 Å². The largest absolute Gasteiger partial charge is 0.271 e. The van der Waals surface area contributed by atoms with E-state index in [0.717, 1.165) is 17.8 Å². The van der Waals surface area contributed by atoms with Crippen molar-refractivity contribution in [3.63, 3.8) is 0 Å². The molecule has 0 spiro atoms. The van der Waals surface area contributed by atoms with Crippen molar-refractivity contribution in [2.75, 3.05) is 0 Å². The van der Waals surface area contributed by atoms with Crippen LogP contribution < -0.4 is 0 Å². The molecule has 0 saturated heterocycles. The van der Waals surface area contributed by atoms with E-state index in [2.05, 4.69) is 11.2 Å². The third kappa shape index (κ3) is 1.42. The smallest absolute Gasteiger partial charge is 0.111 e. The highest BCUT2D eigenvalue weighted by molar-refractivity contribution is 7.08. The van der Waals surface area contributed by atoms with E-state index in [-0.39, 0.29) is 0 Å². The van der Waals surface area contributed by atoms with Gasteiger partial charge in [-0.2, -0.15) is 21.7 Å². The van der Waals surface area contributed by atoms with E-state index in [1.54, 1.807) is 22.2 Å². The van der Waals surface area contributed by atoms with E-state index in [4.69, 9.17) is 5.26 Å². The normalized spacial score (nSPS) is 10.0. The van der Waals surface area contributed by atoms with Crippen LogP contribution in [0.5, 0.6) is 0 Å². The van der Waals surface area contributed by atoms with Crippen molar-refractivity contribution in [1.29, 1.82) is 5.26 Å². The lowest BCUT2D eigenvalue weighted by atomic mass is 10.2. The number of aryl methyl sites for hydroxylation is 1. The summed E-state index contributed by atoms with van der Waals surface area (Å²) in [5.74, 6) is 0. The van der Waals surface area contributed by atoms with Gasteiger partial charge in [-0.1, -0.05) is 0 Å². The summed E-state index contributed by atoms with van der Waals surface area (Å²) in [5, 5.41) is 17.3. The Morgan fingerprint density at radius 3 is 3.07 bits per heavy atom. The number of hydrogen-bond donors (Lipinski definition) is 0. The Morgan fingerprint density at radius 1 is 1.64 bits per heavy atom. The SMILES string of the molecule is CCn1cc(C#N)c(-c2ccsc2)n1. The molecule has 0 radical (unpaired) electrons. The van der Waals surface area contributed by atoms with E-state index in [1.807, 2.05) is 23.8 Å². The molecule has 0 aliphatic rings. The van der Waals surface area contributed by atoms with E-state index in [1.165, 1.54) is 0 Å². The molecule has 2 aromatic rings. The summed E-state index contributed by atoms with van der Waals surface area (Å²) in [7, 11) is 0. The van der Waals surface area contributed by atoms with E-state index < -0.39 is 0 Å². The average Bonchev–Trinajstić information content (AvgIpc) is 2.85. The first kappa shape index (κ1) is 8.97. The third-order valence-electron chi connectivity index (χ3n) is 2.00. The van der Waals surface area contributed by atoms with Crippen LogP contribution in [-0.4, -0.2) is 9.78 Å². The van der Waals surface area contributed by atoms with Crippen molar-refractivity contribution < 1.29 is 0 Å². The van der Waals surface area contributed by atoms with Gasteiger partial charge in [0, 0.05) is 23.7 Å². The van der Waals surface area contributed by atoms with Crippen LogP contribution in [0.4, 0.5) is 0 Å². The van der Waals surface area contributed by atoms with Gasteiger partial charge in [0.2, 0.25) is 0 Å². The molecule has 2 rings (SSSR count). The Balaban J connectivity index is 2.53. The lowest BCUT2D eigenvalue weighted by Gasteiger charge is -1.91. The van der Waals surface area contributed by atoms with Crippen LogP contribution in [-0.2, 0) is 6.54 Å². The summed E-state index contributed by atoms with van der Waals surface area (Å²) in [4.78, 5) is 0. The van der Waals surface area contributed by atoms with Gasteiger partial charge in [-0.15, -0.1) is 0 Å². The van der Waals surface area contributed by atoms with Gasteiger partial charge in [0.05, 0.1) is 5.56 Å². The first-order valence-corrected chi connectivity index (χ1v) is 5.29. The van der Waals surface area contributed by atoms with Gasteiger partial charge in [0.15, 0.2) is 0 Å². The Kier molecular flexibility index (Phi) is 2.33. The average molecular weight is 203 g/mol. The zero-order valence-corrected chi connectivity index (χ0v) is 8.58. The summed E-state index contributed by atoms with van der Waals surface area (Å²) in [5.41, 5.74) is 2.46. The number of aromatic nitrogens is 2. The zero-order chi connectivity index (χ0) is 9.97. The standard InChI is InChI=1S/C10H9N3S/c1-2-13-6-9(5-11)10(12-13)8-3-4-14-7-8/h3-4,6-7H,2H2,1H3. The van der Waals surface area contributed by atoms with Crippen molar-refractivity contribution in [2.45, 2.75) is 13.5 Å². The predicted molar refractivity (Wildman–Crippen MR) is 55.9 cm³/mol. The molecule has 70 valence electrons. The van der Waals surface area contributed by atoms with Crippen LogP contribution in [0.2, 0.25) is 0 Å². The van der Waals surface area contributed by atoms with E-state index >= 15 is 0 Å². The monoisotopic (exact) mass is 203 g/mol. The molecule has 2 aromatic heterocycles. The van der Waals surface area contributed by atoms with E-state index in [9.17, 15) is 0 Å². The lowest BCUT2D eigenvalue weighted by Crippen LogP contribution is -1.93. The number of nitrogens with zero attached hydrogens (tertiary/aromatic N) is 3. The maximum absolute atomic E-state index is 8.93. The molecule has 0 atom stereocenters. The van der Waals surface area contributed by atoms with Crippen molar-refractivity contribution >= 4 is 11.3 Å². The van der Waals surface area contributed by atoms with Crippen LogP contribution in [0.25, 0.3) is 11.3 Å². The topological polar surface area (TPSA) is 41.6 Å². The lowest BCUT2D eigenvalue weighted by molar-refractivity contribution is 0.662. The molecular formula is C10H9N3S. The number of nitriles is 1. The molecule has 0 amide bonds. The predicted octanol–water partition coefficient (Wildman–Crippen LogP) is 2.50. The summed E-state index contributed by atoms with van der Waals surface area (Å²) < 4.78 is 1.78. The van der Waals surface area contributed by atoms with Gasteiger partial charge >= 0.3 is 0 Å². The van der Waals surface area contributed by atoms with Crippen LogP contribution in [0, 0.1) is 11.3 Å². The molecule has 0 aliphatic carbocycles. The van der Waals surface area contributed by atoms with Gasteiger partial charge in [-0.3, -0.25) is 4.68 Å². The molecule has 0 saturated carbocycles. The highest BCUT2D eigenvalue weighted by Gasteiger charge is 2.09. The Bertz CT molecular complexity index is 462. The maximum Gasteiger partial charge on any atom is 0.111 e. The second kappa shape index (κ2) is 3.64. The summed E-state index contributed by atoms with van der Waals surface area (Å²) in [6.45, 7) is 2.80. The summed E-state index contributed by atoms with van der Waals surface area (Å²) in [6.07, 6.45) is 1.78. The van der Waals surface area contributed by atoms with Crippen molar-refractivity contribution in [3.05, 3.63) is 28.6 Å². The highest BCUT2D eigenvalue weighted by Crippen LogP contribution is 2.23. The van der Waals surface area contributed by atoms with Crippen LogP contribution in [0.1, 0.15) is 12.5 Å². The van der Waals surface area contributed by atoms with Gasteiger partial charge in [0.25, 0.3) is 0 Å². The zero-order valence-electron chi connectivity index (χ0n) is 7.77. The minimum atomic E-state index is 0.644. The molecule has 0 aliphatic heterocycles. The number of thiophene rings is 1. The van der Waals surface area contributed by atoms with Crippen LogP contribution in [0.15, 0.2) is 23.0 Å². The third-order valence-corrected chi connectivity index (χ3v) is 2.68. The second-order valence-corrected chi connectivity index (χ2v) is 3.65. The molecule has 3 nitrogen and oxygen atoms in total. The molecule has 0 aromatic carbocycles. The Hall–Kier alpha value is -1.60. The van der Waals surface area contributed by atoms with Crippen molar-refractivity contribution in [3.8, 4) is 17.3 Å². The highest BCUT2D eigenvalue weighted by atomic mass is 32.1. The van der Waals surface area contributed by atoms with Gasteiger partial charge in [-0.25, -0.2) is 0 Å². The molecule has 4 heteroatoms. The second-order valence-electron chi connectivity index (χ2n) is 2.87.